The lowest BCUT2D eigenvalue weighted by molar-refractivity contribution is 0.320. The molecule has 0 heterocycles. The predicted molar refractivity (Wildman–Crippen MR) is 47.4 cm³/mol. The molecular weight excluding hydrogens is 173 g/mol. The van der Waals surface area contributed by atoms with Crippen molar-refractivity contribution in [2.75, 3.05) is 0 Å². The molecule has 0 spiro atoms. The number of hydrogen-bond donors (Lipinski definition) is 2. The van der Waals surface area contributed by atoms with Crippen LogP contribution in [0.25, 0.3) is 0 Å². The zero-order valence-corrected chi connectivity index (χ0v) is 6.68. The van der Waals surface area contributed by atoms with Gasteiger partial charge in [0.25, 0.3) is 0 Å². The minimum absolute atomic E-state index is 0.183. The van der Waals surface area contributed by atoms with Gasteiger partial charge in [-0.3, -0.25) is 0 Å². The maximum Gasteiger partial charge on any atom is 0.129 e. The normalized spacial score (nSPS) is 12.2. The molecule has 0 saturated carbocycles. The summed E-state index contributed by atoms with van der Waals surface area (Å²) in [6.07, 6.45) is 1.17. The first-order valence-corrected chi connectivity index (χ1v) is 3.49. The Hall–Kier alpha value is -1.91. The van der Waals surface area contributed by atoms with E-state index >= 15 is 0 Å². The fourth-order valence-corrected chi connectivity index (χ4v) is 0.849. The van der Waals surface area contributed by atoms with E-state index in [4.69, 9.17) is 11.0 Å². The van der Waals surface area contributed by atoms with Gasteiger partial charge >= 0.3 is 0 Å². The van der Waals surface area contributed by atoms with Gasteiger partial charge in [0.1, 0.15) is 11.5 Å². The minimum atomic E-state index is -0.356. The third-order valence-electron chi connectivity index (χ3n) is 1.44. The van der Waals surface area contributed by atoms with E-state index in [1.54, 1.807) is 0 Å². The van der Waals surface area contributed by atoms with Crippen molar-refractivity contribution in [3.8, 4) is 0 Å². The average Bonchev–Trinajstić information content (AvgIpc) is 2.16. The van der Waals surface area contributed by atoms with Crippen molar-refractivity contribution in [2.45, 2.75) is 0 Å². The van der Waals surface area contributed by atoms with Crippen LogP contribution in [-0.4, -0.2) is 17.1 Å². The van der Waals surface area contributed by atoms with Crippen molar-refractivity contribution in [3.63, 3.8) is 0 Å². The van der Waals surface area contributed by atoms with Crippen LogP contribution in [0.2, 0.25) is 0 Å². The zero-order valence-electron chi connectivity index (χ0n) is 6.68. The largest absolute Gasteiger partial charge is 0.410 e. The van der Waals surface area contributed by atoms with Crippen LogP contribution in [0.1, 0.15) is 5.56 Å². The highest BCUT2D eigenvalue weighted by atomic mass is 19.1. The minimum Gasteiger partial charge on any atom is -0.410 e. The van der Waals surface area contributed by atoms with Gasteiger partial charge in [0.05, 0.1) is 6.21 Å². The van der Waals surface area contributed by atoms with Gasteiger partial charge in [-0.1, -0.05) is 5.16 Å². The Bertz CT molecular complexity index is 332. The van der Waals surface area contributed by atoms with Crippen LogP contribution in [0.5, 0.6) is 0 Å². The summed E-state index contributed by atoms with van der Waals surface area (Å²) in [5.41, 5.74) is 0.723. The molecule has 1 rings (SSSR count). The van der Waals surface area contributed by atoms with E-state index in [0.717, 1.165) is 0 Å². The van der Waals surface area contributed by atoms with E-state index in [9.17, 15) is 4.39 Å². The smallest absolute Gasteiger partial charge is 0.129 e. The molecule has 13 heavy (non-hydrogen) atoms. The number of halogens is 1. The molecule has 5 heteroatoms. The Morgan fingerprint density at radius 3 is 2.46 bits per heavy atom. The van der Waals surface area contributed by atoms with E-state index in [0.29, 0.717) is 5.56 Å². The summed E-state index contributed by atoms with van der Waals surface area (Å²) in [6.45, 7) is 0. The molecule has 0 aliphatic carbocycles. The van der Waals surface area contributed by atoms with Crippen LogP contribution < -0.4 is 5.84 Å². The summed E-state index contributed by atoms with van der Waals surface area (Å²) in [5.74, 6) is 4.52. The maximum atomic E-state index is 12.5. The van der Waals surface area contributed by atoms with Gasteiger partial charge in [-0.25, -0.2) is 4.39 Å². The van der Waals surface area contributed by atoms with Crippen LogP contribution in [0.15, 0.2) is 34.5 Å². The summed E-state index contributed by atoms with van der Waals surface area (Å²) < 4.78 is 12.5. The third-order valence-corrected chi connectivity index (χ3v) is 1.44. The van der Waals surface area contributed by atoms with Crippen molar-refractivity contribution in [1.29, 1.82) is 0 Å². The number of nitrogens with zero attached hydrogens (tertiary/aromatic N) is 2. The summed E-state index contributed by atoms with van der Waals surface area (Å²) in [7, 11) is 0. The quantitative estimate of drug-likeness (QED) is 0.308. The first kappa shape index (κ1) is 9.18. The molecule has 4 nitrogen and oxygen atoms in total. The standard InChI is InChI=1S/C8H8FN3O/c9-7-3-1-6(2-4-7)8(12-13)5-11-10/h1-5,13H,10H2. The predicted octanol–water partition coefficient (Wildman–Crippen LogP) is 0.948. The molecule has 68 valence electrons. The molecule has 0 amide bonds. The molecule has 0 aliphatic heterocycles. The Morgan fingerprint density at radius 1 is 1.38 bits per heavy atom. The van der Waals surface area contributed by atoms with Crippen LogP contribution >= 0.6 is 0 Å². The molecular formula is C8H8FN3O. The number of nitrogens with two attached hydrogens (primary N) is 1. The van der Waals surface area contributed by atoms with Gasteiger partial charge in [-0.2, -0.15) is 5.10 Å². The zero-order chi connectivity index (χ0) is 9.68. The van der Waals surface area contributed by atoms with Crippen molar-refractivity contribution in [1.82, 2.24) is 0 Å². The highest BCUT2D eigenvalue weighted by molar-refractivity contribution is 6.37. The second kappa shape index (κ2) is 4.20. The molecule has 1 aromatic carbocycles. The second-order valence-corrected chi connectivity index (χ2v) is 2.27. The van der Waals surface area contributed by atoms with Crippen LogP contribution in [0.4, 0.5) is 4.39 Å². The highest BCUT2D eigenvalue weighted by Crippen LogP contribution is 2.03. The molecule has 0 fully saturated rings. The topological polar surface area (TPSA) is 71.0 Å². The van der Waals surface area contributed by atoms with Crippen LogP contribution in [-0.2, 0) is 0 Å². The lowest BCUT2D eigenvalue weighted by Crippen LogP contribution is -2.04. The third kappa shape index (κ3) is 2.26. The van der Waals surface area contributed by atoms with E-state index in [1.807, 2.05) is 0 Å². The summed E-state index contributed by atoms with van der Waals surface area (Å²) in [6, 6.07) is 5.44. The van der Waals surface area contributed by atoms with Gasteiger partial charge in [0.15, 0.2) is 0 Å². The fraction of sp³-hybridized carbons (Fsp3) is 0. The van der Waals surface area contributed by atoms with Gasteiger partial charge in [-0.05, 0) is 24.3 Å². The molecule has 0 atom stereocenters. The van der Waals surface area contributed by atoms with Crippen LogP contribution in [0.3, 0.4) is 0 Å². The number of rotatable bonds is 2. The van der Waals surface area contributed by atoms with Gasteiger partial charge < -0.3 is 11.0 Å². The van der Waals surface area contributed by atoms with Gasteiger partial charge in [0.2, 0.25) is 0 Å². The van der Waals surface area contributed by atoms with Gasteiger partial charge in [-0.15, -0.1) is 0 Å². The van der Waals surface area contributed by atoms with Crippen molar-refractivity contribution in [3.05, 3.63) is 35.6 Å². The lowest BCUT2D eigenvalue weighted by Gasteiger charge is -1.96. The molecule has 0 bridgehead atoms. The Balaban J connectivity index is 3.00. The lowest BCUT2D eigenvalue weighted by atomic mass is 10.1. The van der Waals surface area contributed by atoms with Crippen LogP contribution in [0, 0.1) is 5.82 Å². The van der Waals surface area contributed by atoms with E-state index < -0.39 is 0 Å². The van der Waals surface area contributed by atoms with Crippen molar-refractivity contribution < 1.29 is 9.60 Å². The molecule has 0 aromatic heterocycles. The maximum absolute atomic E-state index is 12.5. The highest BCUT2D eigenvalue weighted by Gasteiger charge is 2.00. The number of hydrazone groups is 1. The second-order valence-electron chi connectivity index (χ2n) is 2.27. The summed E-state index contributed by atoms with van der Waals surface area (Å²) in [5, 5.41) is 14.7. The monoisotopic (exact) mass is 181 g/mol. The summed E-state index contributed by atoms with van der Waals surface area (Å²) in [4.78, 5) is 0. The average molecular weight is 181 g/mol. The first-order valence-electron chi connectivity index (χ1n) is 3.49. The fourth-order valence-electron chi connectivity index (χ4n) is 0.849. The number of oxime groups is 1. The Morgan fingerprint density at radius 2 is 2.00 bits per heavy atom. The van der Waals surface area contributed by atoms with Gasteiger partial charge in [0, 0.05) is 5.56 Å². The van der Waals surface area contributed by atoms with E-state index in [2.05, 4.69) is 10.3 Å². The van der Waals surface area contributed by atoms with E-state index in [1.165, 1.54) is 30.5 Å². The molecule has 0 radical (unpaired) electrons. The molecule has 0 saturated heterocycles. The van der Waals surface area contributed by atoms with E-state index in [-0.39, 0.29) is 11.5 Å². The summed E-state index contributed by atoms with van der Waals surface area (Å²) >= 11 is 0. The Labute approximate surface area is 74.2 Å². The number of benzene rings is 1. The van der Waals surface area contributed by atoms with Crippen molar-refractivity contribution in [2.24, 2.45) is 16.1 Å². The van der Waals surface area contributed by atoms with Crippen molar-refractivity contribution >= 4 is 11.9 Å². The molecule has 1 aromatic rings. The first-order chi connectivity index (χ1) is 6.27. The molecule has 3 N–H and O–H groups in total. The molecule has 0 aliphatic rings. The molecule has 0 unspecified atom stereocenters. The Kier molecular flexibility index (Phi) is 2.97. The SMILES string of the molecule is NN=CC(=NO)c1ccc(F)cc1. The number of hydrogen-bond acceptors (Lipinski definition) is 4.